The van der Waals surface area contributed by atoms with Crippen molar-refractivity contribution in [1.29, 1.82) is 5.26 Å². The second-order valence-electron chi connectivity index (χ2n) is 8.74. The molecule has 0 saturated carbocycles. The highest BCUT2D eigenvalue weighted by atomic mass is 32.1. The second-order valence-corrected chi connectivity index (χ2v) is 9.77. The van der Waals surface area contributed by atoms with E-state index in [4.69, 9.17) is 0 Å². The first-order chi connectivity index (χ1) is 16.0. The number of nitrogens with zero attached hydrogens (tertiary/aromatic N) is 4. The fourth-order valence-electron chi connectivity index (χ4n) is 4.49. The number of nitrogens with one attached hydrogen (secondary N) is 2. The van der Waals surface area contributed by atoms with Gasteiger partial charge in [-0.2, -0.15) is 5.26 Å². The quantitative estimate of drug-likeness (QED) is 0.428. The molecule has 0 unspecified atom stereocenters. The van der Waals surface area contributed by atoms with Gasteiger partial charge in [0.25, 0.3) is 0 Å². The molecule has 1 aromatic carbocycles. The van der Waals surface area contributed by atoms with E-state index in [0.29, 0.717) is 5.56 Å². The van der Waals surface area contributed by atoms with Crippen LogP contribution in [0.25, 0.3) is 27.2 Å². The van der Waals surface area contributed by atoms with Crippen molar-refractivity contribution in [1.82, 2.24) is 19.8 Å². The molecule has 33 heavy (non-hydrogen) atoms. The number of hydrogen-bond donors (Lipinski definition) is 2. The molecule has 0 bridgehead atoms. The number of benzene rings is 1. The molecular formula is C26H28N6S. The van der Waals surface area contributed by atoms with Gasteiger partial charge in [0, 0.05) is 72.0 Å². The summed E-state index contributed by atoms with van der Waals surface area (Å²) in [5.41, 5.74) is 5.83. The number of likely N-dealkylation sites (N-methyl/N-ethyl adjacent to an activating group) is 1. The van der Waals surface area contributed by atoms with Crippen LogP contribution in [-0.2, 0) is 0 Å². The Kier molecular flexibility index (Phi) is 5.90. The van der Waals surface area contributed by atoms with E-state index in [0.717, 1.165) is 71.0 Å². The maximum atomic E-state index is 9.81. The minimum atomic E-state index is 0.560. The molecule has 1 aliphatic rings. The lowest BCUT2D eigenvalue weighted by Crippen LogP contribution is -2.44. The molecule has 2 N–H and O–H groups in total. The van der Waals surface area contributed by atoms with Gasteiger partial charge in [-0.3, -0.25) is 4.90 Å². The van der Waals surface area contributed by atoms with Crippen molar-refractivity contribution in [3.05, 3.63) is 58.2 Å². The maximum Gasteiger partial charge on any atom is 0.126 e. The number of aromatic nitrogens is 2. The fourth-order valence-corrected chi connectivity index (χ4v) is 5.58. The van der Waals surface area contributed by atoms with Crippen molar-refractivity contribution in [2.75, 3.05) is 45.1 Å². The first kappa shape index (κ1) is 21.7. The smallest absolute Gasteiger partial charge is 0.126 e. The predicted molar refractivity (Wildman–Crippen MR) is 138 cm³/mol. The highest BCUT2D eigenvalue weighted by molar-refractivity contribution is 7.19. The lowest BCUT2D eigenvalue weighted by atomic mass is 10.1. The normalized spacial score (nSPS) is 15.6. The van der Waals surface area contributed by atoms with Crippen molar-refractivity contribution in [3.8, 4) is 6.07 Å². The number of aromatic amines is 1. The van der Waals surface area contributed by atoms with Crippen molar-refractivity contribution in [2.24, 2.45) is 0 Å². The van der Waals surface area contributed by atoms with Crippen LogP contribution in [0.5, 0.6) is 0 Å². The van der Waals surface area contributed by atoms with E-state index in [1.165, 1.54) is 10.3 Å². The Bertz CT molecular complexity index is 1380. The Morgan fingerprint density at radius 2 is 2.00 bits per heavy atom. The average Bonchev–Trinajstić information content (AvgIpc) is 3.42. The number of H-pyrrole nitrogens is 1. The van der Waals surface area contributed by atoms with E-state index in [1.807, 2.05) is 6.20 Å². The highest BCUT2D eigenvalue weighted by Gasteiger charge is 2.17. The predicted octanol–water partition coefficient (Wildman–Crippen LogP) is 5.27. The van der Waals surface area contributed by atoms with Gasteiger partial charge in [-0.1, -0.05) is 6.08 Å². The molecule has 1 aliphatic heterocycles. The standard InChI is InChI=1S/C26H28N6S/c1-17-20-8-9-28-22(20)7-6-21(17)30-25-19(15-27)16-29-26-24(25)18(2)23(33-26)5-4-10-32-13-11-31(3)12-14-32/h4-9,16,28H,10-14H2,1-3H3,(H,29,30)/b5-4+. The molecule has 0 spiro atoms. The SMILES string of the molecule is Cc1c(Nc2c(C#N)cnc3sc(/C=C/CN4CCN(C)CC4)c(C)c23)ccc2[nH]ccc12. The van der Waals surface area contributed by atoms with E-state index in [1.54, 1.807) is 17.5 Å². The number of pyridine rings is 1. The third kappa shape index (κ3) is 4.13. The lowest BCUT2D eigenvalue weighted by molar-refractivity contribution is 0.167. The zero-order valence-electron chi connectivity index (χ0n) is 19.3. The Morgan fingerprint density at radius 3 is 2.79 bits per heavy atom. The summed E-state index contributed by atoms with van der Waals surface area (Å²) >= 11 is 1.68. The molecule has 4 heterocycles. The molecule has 0 atom stereocenters. The van der Waals surface area contributed by atoms with Crippen LogP contribution in [0.15, 0.2) is 36.7 Å². The molecule has 168 valence electrons. The van der Waals surface area contributed by atoms with E-state index < -0.39 is 0 Å². The largest absolute Gasteiger partial charge is 0.361 e. The molecule has 0 amide bonds. The topological polar surface area (TPSA) is 71.0 Å². The van der Waals surface area contributed by atoms with Crippen LogP contribution in [0, 0.1) is 25.2 Å². The van der Waals surface area contributed by atoms with Gasteiger partial charge in [0.2, 0.25) is 0 Å². The zero-order valence-corrected chi connectivity index (χ0v) is 20.1. The minimum Gasteiger partial charge on any atom is -0.361 e. The Balaban J connectivity index is 1.48. The van der Waals surface area contributed by atoms with Gasteiger partial charge in [0.1, 0.15) is 10.9 Å². The molecule has 0 radical (unpaired) electrons. The fraction of sp³-hybridized carbons (Fsp3) is 0.308. The summed E-state index contributed by atoms with van der Waals surface area (Å²) in [5, 5.41) is 15.6. The third-order valence-corrected chi connectivity index (χ3v) is 7.77. The molecule has 3 aromatic heterocycles. The molecule has 0 aliphatic carbocycles. The molecule has 1 saturated heterocycles. The summed E-state index contributed by atoms with van der Waals surface area (Å²) < 4.78 is 0. The van der Waals surface area contributed by atoms with Gasteiger partial charge in [-0.05, 0) is 56.3 Å². The van der Waals surface area contributed by atoms with Gasteiger partial charge < -0.3 is 15.2 Å². The first-order valence-electron chi connectivity index (χ1n) is 11.3. The Morgan fingerprint density at radius 1 is 1.18 bits per heavy atom. The summed E-state index contributed by atoms with van der Waals surface area (Å²) in [6, 6.07) is 8.56. The van der Waals surface area contributed by atoms with Crippen LogP contribution in [0.4, 0.5) is 11.4 Å². The molecule has 5 rings (SSSR count). The summed E-state index contributed by atoms with van der Waals surface area (Å²) in [6.07, 6.45) is 8.11. The Labute approximate surface area is 198 Å². The number of thiophene rings is 1. The van der Waals surface area contributed by atoms with Crippen LogP contribution in [0.1, 0.15) is 21.6 Å². The summed E-state index contributed by atoms with van der Waals surface area (Å²) in [5.74, 6) is 0. The number of hydrogen-bond acceptors (Lipinski definition) is 6. The number of piperazine rings is 1. The number of nitriles is 1. The van der Waals surface area contributed by atoms with Gasteiger partial charge in [0.05, 0.1) is 11.3 Å². The average molecular weight is 457 g/mol. The van der Waals surface area contributed by atoms with Crippen molar-refractivity contribution in [3.63, 3.8) is 0 Å². The van der Waals surface area contributed by atoms with Crippen molar-refractivity contribution < 1.29 is 0 Å². The zero-order chi connectivity index (χ0) is 22.9. The van der Waals surface area contributed by atoms with E-state index >= 15 is 0 Å². The summed E-state index contributed by atoms with van der Waals surface area (Å²) in [4.78, 5) is 14.9. The number of fused-ring (bicyclic) bond motifs is 2. The third-order valence-electron chi connectivity index (χ3n) is 6.61. The molecule has 4 aromatic rings. The number of aryl methyl sites for hydroxylation is 2. The Hall–Kier alpha value is -3.18. The van der Waals surface area contributed by atoms with Gasteiger partial charge in [-0.25, -0.2) is 4.98 Å². The first-order valence-corrected chi connectivity index (χ1v) is 12.1. The molecular weight excluding hydrogens is 428 g/mol. The van der Waals surface area contributed by atoms with Crippen LogP contribution >= 0.6 is 11.3 Å². The van der Waals surface area contributed by atoms with Crippen LogP contribution in [0.2, 0.25) is 0 Å². The van der Waals surface area contributed by atoms with Crippen LogP contribution < -0.4 is 5.32 Å². The maximum absolute atomic E-state index is 9.81. The molecule has 7 heteroatoms. The molecule has 1 fully saturated rings. The number of rotatable bonds is 5. The van der Waals surface area contributed by atoms with Gasteiger partial charge in [0.15, 0.2) is 0 Å². The highest BCUT2D eigenvalue weighted by Crippen LogP contribution is 2.39. The van der Waals surface area contributed by atoms with Crippen LogP contribution in [0.3, 0.4) is 0 Å². The monoisotopic (exact) mass is 456 g/mol. The number of anilines is 2. The van der Waals surface area contributed by atoms with E-state index in [2.05, 4.69) is 82.4 Å². The molecule has 6 nitrogen and oxygen atoms in total. The van der Waals surface area contributed by atoms with E-state index in [-0.39, 0.29) is 0 Å². The second kappa shape index (κ2) is 8.99. The minimum absolute atomic E-state index is 0.560. The summed E-state index contributed by atoms with van der Waals surface area (Å²) in [7, 11) is 2.18. The van der Waals surface area contributed by atoms with Gasteiger partial charge in [-0.15, -0.1) is 11.3 Å². The van der Waals surface area contributed by atoms with Crippen molar-refractivity contribution >= 4 is 49.9 Å². The van der Waals surface area contributed by atoms with Gasteiger partial charge >= 0.3 is 0 Å². The lowest BCUT2D eigenvalue weighted by Gasteiger charge is -2.31. The summed E-state index contributed by atoms with van der Waals surface area (Å²) in [6.45, 7) is 9.66. The van der Waals surface area contributed by atoms with Crippen LogP contribution in [-0.4, -0.2) is 59.5 Å². The van der Waals surface area contributed by atoms with E-state index in [9.17, 15) is 5.26 Å². The van der Waals surface area contributed by atoms with Crippen molar-refractivity contribution in [2.45, 2.75) is 13.8 Å².